The number of nitrogens with zero attached hydrogens (tertiary/aromatic N) is 1. The highest BCUT2D eigenvalue weighted by molar-refractivity contribution is 6.06. The molecule has 0 unspecified atom stereocenters. The number of amides is 2. The molecule has 0 aliphatic carbocycles. The molecule has 0 heterocycles. The monoisotopic (exact) mass is 364 g/mol. The number of carbonyl (C=O) groups is 2. The summed E-state index contributed by atoms with van der Waals surface area (Å²) in [6.07, 6.45) is 1.38. The van der Waals surface area contributed by atoms with Crippen molar-refractivity contribution in [2.24, 2.45) is 0 Å². The first-order chi connectivity index (χ1) is 13.0. The largest absolute Gasteiger partial charge is 0.497 e. The van der Waals surface area contributed by atoms with E-state index in [9.17, 15) is 14.9 Å². The molecule has 138 valence electrons. The SMILES string of the molecule is COc1ccc(CN/C=C(/C#N)C(=O)Nc2ccc(NC(C)=O)cc2)cc1. The van der Waals surface area contributed by atoms with Gasteiger partial charge in [-0.3, -0.25) is 9.59 Å². The number of hydrogen-bond donors (Lipinski definition) is 3. The van der Waals surface area contributed by atoms with Crippen LogP contribution in [0.1, 0.15) is 12.5 Å². The van der Waals surface area contributed by atoms with Crippen molar-refractivity contribution in [3.05, 3.63) is 65.9 Å². The molecule has 3 N–H and O–H groups in total. The second-order valence-corrected chi connectivity index (χ2v) is 5.61. The van der Waals surface area contributed by atoms with Gasteiger partial charge in [-0.2, -0.15) is 5.26 Å². The van der Waals surface area contributed by atoms with Crippen LogP contribution >= 0.6 is 0 Å². The summed E-state index contributed by atoms with van der Waals surface area (Å²) >= 11 is 0. The Morgan fingerprint density at radius 1 is 1.04 bits per heavy atom. The molecule has 2 rings (SSSR count). The van der Waals surface area contributed by atoms with Gasteiger partial charge in [0.1, 0.15) is 17.4 Å². The number of nitrogens with one attached hydrogen (secondary N) is 3. The molecule has 0 spiro atoms. The standard InChI is InChI=1S/C20H20N4O3/c1-14(25)23-17-5-7-18(8-6-17)24-20(26)16(11-21)13-22-12-15-3-9-19(27-2)10-4-15/h3-10,13,22H,12H2,1-2H3,(H,23,25)(H,24,26)/b16-13-. The van der Waals surface area contributed by atoms with Crippen molar-refractivity contribution in [1.82, 2.24) is 5.32 Å². The normalized spacial score (nSPS) is 10.5. The van der Waals surface area contributed by atoms with E-state index in [1.54, 1.807) is 31.4 Å². The molecule has 0 saturated heterocycles. The van der Waals surface area contributed by atoms with E-state index in [0.29, 0.717) is 17.9 Å². The third-order valence-corrected chi connectivity index (χ3v) is 3.54. The Morgan fingerprint density at radius 3 is 2.15 bits per heavy atom. The van der Waals surface area contributed by atoms with Gasteiger partial charge < -0.3 is 20.7 Å². The minimum Gasteiger partial charge on any atom is -0.497 e. The average molecular weight is 364 g/mol. The maximum atomic E-state index is 12.2. The first kappa shape index (κ1) is 19.5. The molecule has 0 fully saturated rings. The number of nitriles is 1. The lowest BCUT2D eigenvalue weighted by Crippen LogP contribution is -2.16. The predicted octanol–water partition coefficient (Wildman–Crippen LogP) is 2.79. The van der Waals surface area contributed by atoms with E-state index in [0.717, 1.165) is 11.3 Å². The van der Waals surface area contributed by atoms with Gasteiger partial charge in [-0.05, 0) is 42.0 Å². The van der Waals surface area contributed by atoms with Crippen LogP contribution in [0.4, 0.5) is 11.4 Å². The predicted molar refractivity (Wildman–Crippen MR) is 103 cm³/mol. The fourth-order valence-corrected chi connectivity index (χ4v) is 2.20. The lowest BCUT2D eigenvalue weighted by Gasteiger charge is -2.07. The molecule has 0 aromatic heterocycles. The van der Waals surface area contributed by atoms with E-state index in [2.05, 4.69) is 16.0 Å². The minimum absolute atomic E-state index is 0.0468. The fraction of sp³-hybridized carbons (Fsp3) is 0.150. The lowest BCUT2D eigenvalue weighted by atomic mass is 10.2. The van der Waals surface area contributed by atoms with Gasteiger partial charge in [-0.25, -0.2) is 0 Å². The fourth-order valence-electron chi connectivity index (χ4n) is 2.20. The molecule has 0 radical (unpaired) electrons. The maximum Gasteiger partial charge on any atom is 0.267 e. The van der Waals surface area contributed by atoms with Crippen LogP contribution in [-0.2, 0) is 16.1 Å². The number of rotatable bonds is 7. The van der Waals surface area contributed by atoms with E-state index in [4.69, 9.17) is 4.74 Å². The number of benzene rings is 2. The van der Waals surface area contributed by atoms with Gasteiger partial charge >= 0.3 is 0 Å². The van der Waals surface area contributed by atoms with Crippen LogP contribution in [0, 0.1) is 11.3 Å². The molecule has 2 amide bonds. The molecule has 27 heavy (non-hydrogen) atoms. The van der Waals surface area contributed by atoms with Crippen LogP contribution < -0.4 is 20.7 Å². The summed E-state index contributed by atoms with van der Waals surface area (Å²) in [4.78, 5) is 23.2. The second kappa shape index (κ2) is 9.63. The summed E-state index contributed by atoms with van der Waals surface area (Å²) in [5.74, 6) is 0.0623. The minimum atomic E-state index is -0.521. The highest BCUT2D eigenvalue weighted by Crippen LogP contribution is 2.14. The van der Waals surface area contributed by atoms with Gasteiger partial charge in [0.2, 0.25) is 5.91 Å². The molecule has 0 aliphatic heterocycles. The first-order valence-electron chi connectivity index (χ1n) is 8.17. The Kier molecular flexibility index (Phi) is 6.97. The van der Waals surface area contributed by atoms with Gasteiger partial charge in [0.05, 0.1) is 7.11 Å². The number of hydrogen-bond acceptors (Lipinski definition) is 5. The number of anilines is 2. The third-order valence-electron chi connectivity index (χ3n) is 3.54. The number of methoxy groups -OCH3 is 1. The molecule has 0 aliphatic rings. The molecule has 0 atom stereocenters. The van der Waals surface area contributed by atoms with Crippen molar-refractivity contribution in [2.75, 3.05) is 17.7 Å². The van der Waals surface area contributed by atoms with Crippen LogP contribution in [0.25, 0.3) is 0 Å². The van der Waals surface area contributed by atoms with Gasteiger partial charge in [-0.15, -0.1) is 0 Å². The lowest BCUT2D eigenvalue weighted by molar-refractivity contribution is -0.114. The van der Waals surface area contributed by atoms with E-state index in [1.807, 2.05) is 30.3 Å². The van der Waals surface area contributed by atoms with E-state index < -0.39 is 5.91 Å². The zero-order valence-electron chi connectivity index (χ0n) is 15.1. The third kappa shape index (κ3) is 6.21. The van der Waals surface area contributed by atoms with Crippen molar-refractivity contribution in [2.45, 2.75) is 13.5 Å². The molecule has 7 nitrogen and oxygen atoms in total. The average Bonchev–Trinajstić information content (AvgIpc) is 2.67. The summed E-state index contributed by atoms with van der Waals surface area (Å²) in [6, 6.07) is 15.9. The quantitative estimate of drug-likeness (QED) is 0.518. The van der Waals surface area contributed by atoms with E-state index in [1.165, 1.54) is 13.1 Å². The zero-order chi connectivity index (χ0) is 19.6. The van der Waals surface area contributed by atoms with Crippen LogP contribution in [0.3, 0.4) is 0 Å². The highest BCUT2D eigenvalue weighted by Gasteiger charge is 2.09. The Balaban J connectivity index is 1.93. The maximum absolute atomic E-state index is 12.2. The summed E-state index contributed by atoms with van der Waals surface area (Å²) < 4.78 is 5.09. The molecule has 2 aromatic carbocycles. The topological polar surface area (TPSA) is 103 Å². The molecule has 0 saturated carbocycles. The van der Waals surface area contributed by atoms with Gasteiger partial charge in [-0.1, -0.05) is 12.1 Å². The highest BCUT2D eigenvalue weighted by atomic mass is 16.5. The van der Waals surface area contributed by atoms with Crippen molar-refractivity contribution in [3.63, 3.8) is 0 Å². The molecule has 2 aromatic rings. The molecule has 0 bridgehead atoms. The van der Waals surface area contributed by atoms with Gasteiger partial charge in [0.25, 0.3) is 5.91 Å². The number of carbonyl (C=O) groups excluding carboxylic acids is 2. The first-order valence-corrected chi connectivity index (χ1v) is 8.17. The Bertz CT molecular complexity index is 866. The van der Waals surface area contributed by atoms with Gasteiger partial charge in [0, 0.05) is 31.0 Å². The summed E-state index contributed by atoms with van der Waals surface area (Å²) in [6.45, 7) is 1.88. The molecule has 7 heteroatoms. The molecular weight excluding hydrogens is 344 g/mol. The van der Waals surface area contributed by atoms with Crippen molar-refractivity contribution < 1.29 is 14.3 Å². The van der Waals surface area contributed by atoms with Crippen molar-refractivity contribution >= 4 is 23.2 Å². The Hall–Kier alpha value is -3.79. The van der Waals surface area contributed by atoms with Crippen molar-refractivity contribution in [3.8, 4) is 11.8 Å². The smallest absolute Gasteiger partial charge is 0.267 e. The second-order valence-electron chi connectivity index (χ2n) is 5.61. The van der Waals surface area contributed by atoms with Crippen molar-refractivity contribution in [1.29, 1.82) is 5.26 Å². The van der Waals surface area contributed by atoms with Crippen LogP contribution in [0.5, 0.6) is 5.75 Å². The van der Waals surface area contributed by atoms with Gasteiger partial charge in [0.15, 0.2) is 0 Å². The summed E-state index contributed by atoms with van der Waals surface area (Å²) in [5.41, 5.74) is 2.08. The Labute approximate surface area is 157 Å². The summed E-state index contributed by atoms with van der Waals surface area (Å²) in [7, 11) is 1.60. The zero-order valence-corrected chi connectivity index (χ0v) is 15.1. The number of ether oxygens (including phenoxy) is 1. The Morgan fingerprint density at radius 2 is 1.63 bits per heavy atom. The van der Waals surface area contributed by atoms with E-state index >= 15 is 0 Å². The molecular formula is C20H20N4O3. The summed E-state index contributed by atoms with van der Waals surface area (Å²) in [5, 5.41) is 17.4. The van der Waals surface area contributed by atoms with Crippen LogP contribution in [-0.4, -0.2) is 18.9 Å². The van der Waals surface area contributed by atoms with Crippen LogP contribution in [0.2, 0.25) is 0 Å². The van der Waals surface area contributed by atoms with E-state index in [-0.39, 0.29) is 11.5 Å². The van der Waals surface area contributed by atoms with Crippen LogP contribution in [0.15, 0.2) is 60.3 Å².